The molecule has 31 heavy (non-hydrogen) atoms. The molecule has 0 atom stereocenters. The summed E-state index contributed by atoms with van der Waals surface area (Å²) in [5.41, 5.74) is 6.69. The number of carbonyl (C=O) groups is 1. The molecule has 2 N–H and O–H groups in total. The Balaban J connectivity index is 1.42. The van der Waals surface area contributed by atoms with E-state index in [1.165, 1.54) is 18.2 Å². The number of nitrogens with two attached hydrogens (primary N) is 1. The van der Waals surface area contributed by atoms with Gasteiger partial charge in [-0.1, -0.05) is 12.1 Å². The summed E-state index contributed by atoms with van der Waals surface area (Å²) in [4.78, 5) is 25.1. The van der Waals surface area contributed by atoms with E-state index in [1.54, 1.807) is 23.4 Å². The number of anilines is 1. The number of halogens is 1. The minimum Gasteiger partial charge on any atom is -0.457 e. The van der Waals surface area contributed by atoms with Gasteiger partial charge < -0.3 is 20.3 Å². The van der Waals surface area contributed by atoms with Crippen molar-refractivity contribution >= 4 is 11.9 Å². The van der Waals surface area contributed by atoms with Crippen LogP contribution in [0.1, 0.15) is 15.9 Å². The van der Waals surface area contributed by atoms with Crippen LogP contribution in [0.5, 0.6) is 11.5 Å². The van der Waals surface area contributed by atoms with Crippen LogP contribution in [0, 0.1) is 5.82 Å². The average Bonchev–Trinajstić information content (AvgIpc) is 2.82. The van der Waals surface area contributed by atoms with E-state index in [1.807, 2.05) is 29.2 Å². The number of rotatable bonds is 6. The average molecular weight is 421 g/mol. The molecule has 4 rings (SSSR count). The molecule has 8 heteroatoms. The topological polar surface area (TPSA) is 84.6 Å². The smallest absolute Gasteiger partial charge is 0.257 e. The Morgan fingerprint density at radius 2 is 1.68 bits per heavy atom. The van der Waals surface area contributed by atoms with Gasteiger partial charge >= 0.3 is 0 Å². The molecule has 1 saturated heterocycles. The SMILES string of the molecule is NCCc1ccc(Oc2ccc(F)c(C(=O)N3CCN(c4ncccn4)CC3)c2)cc1. The zero-order chi connectivity index (χ0) is 21.6. The van der Waals surface area contributed by atoms with Gasteiger partial charge in [0, 0.05) is 38.6 Å². The lowest BCUT2D eigenvalue weighted by atomic mass is 10.1. The zero-order valence-electron chi connectivity index (χ0n) is 17.1. The first-order chi connectivity index (χ1) is 15.1. The minimum absolute atomic E-state index is 0.00154. The summed E-state index contributed by atoms with van der Waals surface area (Å²) in [7, 11) is 0. The maximum Gasteiger partial charge on any atom is 0.257 e. The van der Waals surface area contributed by atoms with Crippen molar-refractivity contribution < 1.29 is 13.9 Å². The second kappa shape index (κ2) is 9.53. The van der Waals surface area contributed by atoms with Crippen molar-refractivity contribution in [3.8, 4) is 11.5 Å². The predicted octanol–water partition coefficient (Wildman–Crippen LogP) is 2.87. The van der Waals surface area contributed by atoms with Crippen molar-refractivity contribution in [1.82, 2.24) is 14.9 Å². The molecular weight excluding hydrogens is 397 g/mol. The van der Waals surface area contributed by atoms with Gasteiger partial charge in [0.1, 0.15) is 17.3 Å². The van der Waals surface area contributed by atoms with Gasteiger partial charge in [0.15, 0.2) is 0 Å². The van der Waals surface area contributed by atoms with E-state index in [-0.39, 0.29) is 11.5 Å². The maximum absolute atomic E-state index is 14.4. The van der Waals surface area contributed by atoms with Crippen LogP contribution in [-0.2, 0) is 6.42 Å². The fourth-order valence-corrected chi connectivity index (χ4v) is 3.49. The Kier molecular flexibility index (Phi) is 6.37. The summed E-state index contributed by atoms with van der Waals surface area (Å²) in [6.07, 6.45) is 4.16. The quantitative estimate of drug-likeness (QED) is 0.659. The standard InChI is InChI=1S/C23H24FN5O2/c24-21-7-6-19(31-18-4-2-17(3-5-18)8-9-25)16-20(21)22(30)28-12-14-29(15-13-28)23-26-10-1-11-27-23/h1-7,10-11,16H,8-9,12-15,25H2. The third-order valence-electron chi connectivity index (χ3n) is 5.16. The molecule has 2 aromatic carbocycles. The third-order valence-corrected chi connectivity index (χ3v) is 5.16. The van der Waals surface area contributed by atoms with Crippen LogP contribution in [0.15, 0.2) is 60.9 Å². The van der Waals surface area contributed by atoms with Crippen molar-refractivity contribution in [1.29, 1.82) is 0 Å². The third kappa shape index (κ3) is 4.97. The molecule has 0 spiro atoms. The summed E-state index contributed by atoms with van der Waals surface area (Å²) in [6.45, 7) is 2.68. The lowest BCUT2D eigenvalue weighted by molar-refractivity contribution is 0.0741. The minimum atomic E-state index is -0.565. The van der Waals surface area contributed by atoms with E-state index >= 15 is 0 Å². The predicted molar refractivity (Wildman–Crippen MR) is 116 cm³/mol. The maximum atomic E-state index is 14.4. The Morgan fingerprint density at radius 1 is 1.00 bits per heavy atom. The molecule has 160 valence electrons. The molecule has 0 bridgehead atoms. The molecule has 0 unspecified atom stereocenters. The van der Waals surface area contributed by atoms with Crippen LogP contribution in [0.4, 0.5) is 10.3 Å². The number of benzene rings is 2. The van der Waals surface area contributed by atoms with Crippen LogP contribution >= 0.6 is 0 Å². The highest BCUT2D eigenvalue weighted by Crippen LogP contribution is 2.25. The molecule has 1 fully saturated rings. The summed E-state index contributed by atoms with van der Waals surface area (Å²) in [5.74, 6) is 0.739. The lowest BCUT2D eigenvalue weighted by Gasteiger charge is -2.34. The molecule has 1 aliphatic heterocycles. The number of hydrogen-bond donors (Lipinski definition) is 1. The first-order valence-corrected chi connectivity index (χ1v) is 10.2. The van der Waals surface area contributed by atoms with Crippen LogP contribution in [0.25, 0.3) is 0 Å². The van der Waals surface area contributed by atoms with Crippen LogP contribution in [0.3, 0.4) is 0 Å². The summed E-state index contributed by atoms with van der Waals surface area (Å²) >= 11 is 0. The van der Waals surface area contributed by atoms with Crippen molar-refractivity contribution in [2.45, 2.75) is 6.42 Å². The number of piperazine rings is 1. The molecule has 0 aliphatic carbocycles. The van der Waals surface area contributed by atoms with E-state index < -0.39 is 5.82 Å². The van der Waals surface area contributed by atoms with E-state index in [0.29, 0.717) is 50.2 Å². The van der Waals surface area contributed by atoms with Gasteiger partial charge in [-0.2, -0.15) is 0 Å². The molecule has 0 radical (unpaired) electrons. The molecular formula is C23H24FN5O2. The fourth-order valence-electron chi connectivity index (χ4n) is 3.49. The number of ether oxygens (including phenoxy) is 1. The number of carbonyl (C=O) groups excluding carboxylic acids is 1. The van der Waals surface area contributed by atoms with E-state index in [4.69, 9.17) is 10.5 Å². The van der Waals surface area contributed by atoms with Crippen molar-refractivity contribution in [3.63, 3.8) is 0 Å². The van der Waals surface area contributed by atoms with Gasteiger partial charge in [-0.25, -0.2) is 14.4 Å². The molecule has 3 aromatic rings. The highest BCUT2D eigenvalue weighted by atomic mass is 19.1. The highest BCUT2D eigenvalue weighted by Gasteiger charge is 2.25. The molecule has 0 saturated carbocycles. The van der Waals surface area contributed by atoms with Crippen molar-refractivity contribution in [2.24, 2.45) is 5.73 Å². The normalized spacial score (nSPS) is 13.9. The molecule has 1 aliphatic rings. The monoisotopic (exact) mass is 421 g/mol. The summed E-state index contributed by atoms with van der Waals surface area (Å²) in [5, 5.41) is 0. The van der Waals surface area contributed by atoms with Crippen LogP contribution in [0.2, 0.25) is 0 Å². The number of aromatic nitrogens is 2. The highest BCUT2D eigenvalue weighted by molar-refractivity contribution is 5.95. The van der Waals surface area contributed by atoms with E-state index in [9.17, 15) is 9.18 Å². The number of hydrogen-bond acceptors (Lipinski definition) is 6. The number of amides is 1. The van der Waals surface area contributed by atoms with Gasteiger partial charge in [-0.05, 0) is 54.9 Å². The van der Waals surface area contributed by atoms with Gasteiger partial charge in [-0.15, -0.1) is 0 Å². The fraction of sp³-hybridized carbons (Fsp3) is 0.261. The van der Waals surface area contributed by atoms with Crippen molar-refractivity contribution in [2.75, 3.05) is 37.6 Å². The Hall–Kier alpha value is -3.52. The first kappa shape index (κ1) is 20.7. The van der Waals surface area contributed by atoms with Gasteiger partial charge in [0.2, 0.25) is 5.95 Å². The molecule has 7 nitrogen and oxygen atoms in total. The largest absolute Gasteiger partial charge is 0.457 e. The number of nitrogens with zero attached hydrogens (tertiary/aromatic N) is 4. The Bertz CT molecular complexity index is 1020. The summed E-state index contributed by atoms with van der Waals surface area (Å²) in [6, 6.07) is 13.5. The van der Waals surface area contributed by atoms with Crippen LogP contribution < -0.4 is 15.4 Å². The molecule has 1 amide bonds. The van der Waals surface area contributed by atoms with E-state index in [2.05, 4.69) is 9.97 Å². The van der Waals surface area contributed by atoms with E-state index in [0.717, 1.165) is 12.0 Å². The zero-order valence-corrected chi connectivity index (χ0v) is 17.1. The molecule has 1 aromatic heterocycles. The van der Waals surface area contributed by atoms with Crippen LogP contribution in [-0.4, -0.2) is 53.5 Å². The first-order valence-electron chi connectivity index (χ1n) is 10.2. The second-order valence-corrected chi connectivity index (χ2v) is 7.25. The van der Waals surface area contributed by atoms with Gasteiger partial charge in [0.05, 0.1) is 5.56 Å². The Morgan fingerprint density at radius 3 is 2.35 bits per heavy atom. The lowest BCUT2D eigenvalue weighted by Crippen LogP contribution is -2.49. The van der Waals surface area contributed by atoms with Gasteiger partial charge in [0.25, 0.3) is 5.91 Å². The second-order valence-electron chi connectivity index (χ2n) is 7.25. The van der Waals surface area contributed by atoms with Gasteiger partial charge in [-0.3, -0.25) is 4.79 Å². The summed E-state index contributed by atoms with van der Waals surface area (Å²) < 4.78 is 20.3. The molecule has 2 heterocycles. The van der Waals surface area contributed by atoms with Crippen molar-refractivity contribution in [3.05, 3.63) is 77.9 Å². The Labute approximate surface area is 180 Å².